The summed E-state index contributed by atoms with van der Waals surface area (Å²) in [6.45, 7) is 1.99. The van der Waals surface area contributed by atoms with Gasteiger partial charge in [-0.3, -0.25) is 4.79 Å². The molecule has 0 aromatic carbocycles. The van der Waals surface area contributed by atoms with E-state index in [-0.39, 0.29) is 5.91 Å². The highest BCUT2D eigenvalue weighted by Gasteiger charge is 1.94. The molecule has 0 atom stereocenters. The molecule has 1 amide bonds. The van der Waals surface area contributed by atoms with E-state index in [0.717, 1.165) is 5.69 Å². The van der Waals surface area contributed by atoms with Crippen molar-refractivity contribution < 1.29 is 4.79 Å². The van der Waals surface area contributed by atoms with Crippen molar-refractivity contribution in [1.29, 1.82) is 0 Å². The quantitative estimate of drug-likeness (QED) is 0.678. The summed E-state index contributed by atoms with van der Waals surface area (Å²) in [7, 11) is 0. The van der Waals surface area contributed by atoms with Gasteiger partial charge < -0.3 is 5.32 Å². The molecule has 0 saturated heterocycles. The van der Waals surface area contributed by atoms with Crippen LogP contribution in [0.3, 0.4) is 0 Å². The molecule has 0 aliphatic carbocycles. The normalized spacial score (nSPS) is 9.30. The Kier molecular flexibility index (Phi) is 2.39. The first-order chi connectivity index (χ1) is 4.79. The minimum Gasteiger partial charge on any atom is -0.351 e. The molecular weight excluding hydrogens is 148 g/mol. The zero-order chi connectivity index (χ0) is 7.40. The number of rotatable bonds is 2. The molecule has 53 valence electrons. The average molecular weight is 155 g/mol. The highest BCUT2D eigenvalue weighted by Crippen LogP contribution is 1.98. The van der Waals surface area contributed by atoms with Crippen molar-refractivity contribution in [3.05, 3.63) is 16.6 Å². The lowest BCUT2D eigenvalue weighted by Crippen LogP contribution is -2.18. The SMILES string of the molecule is CC(=O)NCc1cs[c]n1. The number of hydrogen-bond donors (Lipinski definition) is 1. The Morgan fingerprint density at radius 3 is 3.30 bits per heavy atom. The van der Waals surface area contributed by atoms with Gasteiger partial charge in [0.25, 0.3) is 0 Å². The maximum Gasteiger partial charge on any atom is 0.217 e. The molecule has 0 saturated carbocycles. The smallest absolute Gasteiger partial charge is 0.217 e. The predicted octanol–water partition coefficient (Wildman–Crippen LogP) is 0.579. The molecule has 0 aliphatic rings. The molecule has 0 spiro atoms. The Balaban J connectivity index is 2.35. The lowest BCUT2D eigenvalue weighted by Gasteiger charge is -1.95. The van der Waals surface area contributed by atoms with E-state index in [0.29, 0.717) is 6.54 Å². The molecule has 1 N–H and O–H groups in total. The number of nitrogens with zero attached hydrogens (tertiary/aromatic N) is 1. The van der Waals surface area contributed by atoms with E-state index in [1.807, 2.05) is 5.38 Å². The van der Waals surface area contributed by atoms with E-state index in [1.54, 1.807) is 0 Å². The van der Waals surface area contributed by atoms with Crippen LogP contribution >= 0.6 is 11.3 Å². The van der Waals surface area contributed by atoms with Crippen molar-refractivity contribution in [1.82, 2.24) is 10.3 Å². The first kappa shape index (κ1) is 7.21. The highest BCUT2D eigenvalue weighted by atomic mass is 32.1. The topological polar surface area (TPSA) is 42.0 Å². The molecule has 10 heavy (non-hydrogen) atoms. The minimum atomic E-state index is -0.0343. The second-order valence-electron chi connectivity index (χ2n) is 1.84. The molecule has 1 aromatic rings. The molecule has 0 bridgehead atoms. The van der Waals surface area contributed by atoms with Crippen LogP contribution in [0.4, 0.5) is 0 Å². The van der Waals surface area contributed by atoms with Crippen LogP contribution in [0.15, 0.2) is 5.38 Å². The van der Waals surface area contributed by atoms with Crippen molar-refractivity contribution >= 4 is 17.2 Å². The summed E-state index contributed by atoms with van der Waals surface area (Å²) >= 11 is 1.40. The lowest BCUT2D eigenvalue weighted by atomic mass is 10.5. The average Bonchev–Trinajstić information content (AvgIpc) is 2.34. The summed E-state index contributed by atoms with van der Waals surface area (Å²) in [5.41, 5.74) is 3.56. The van der Waals surface area contributed by atoms with Crippen LogP contribution in [-0.2, 0) is 11.3 Å². The van der Waals surface area contributed by atoms with E-state index in [9.17, 15) is 4.79 Å². The minimum absolute atomic E-state index is 0.0343. The number of carbonyl (C=O) groups is 1. The highest BCUT2D eigenvalue weighted by molar-refractivity contribution is 7.07. The van der Waals surface area contributed by atoms with Crippen LogP contribution in [0.5, 0.6) is 0 Å². The van der Waals surface area contributed by atoms with Gasteiger partial charge in [-0.2, -0.15) is 0 Å². The molecule has 1 aromatic heterocycles. The van der Waals surface area contributed by atoms with Gasteiger partial charge in [0, 0.05) is 12.3 Å². The maximum atomic E-state index is 10.4. The molecular formula is C6H7N2OS. The first-order valence-corrected chi connectivity index (χ1v) is 3.72. The van der Waals surface area contributed by atoms with Gasteiger partial charge in [0.15, 0.2) is 5.51 Å². The van der Waals surface area contributed by atoms with Crippen molar-refractivity contribution in [2.45, 2.75) is 13.5 Å². The second kappa shape index (κ2) is 3.31. The zero-order valence-corrected chi connectivity index (χ0v) is 6.36. The molecule has 1 heterocycles. The third kappa shape index (κ3) is 2.14. The van der Waals surface area contributed by atoms with Crippen molar-refractivity contribution in [2.24, 2.45) is 0 Å². The third-order valence-electron chi connectivity index (χ3n) is 0.955. The van der Waals surface area contributed by atoms with Gasteiger partial charge >= 0.3 is 0 Å². The van der Waals surface area contributed by atoms with Gasteiger partial charge in [-0.15, -0.1) is 11.3 Å². The van der Waals surface area contributed by atoms with Gasteiger partial charge in [0.2, 0.25) is 5.91 Å². The Bertz CT molecular complexity index is 208. The first-order valence-electron chi connectivity index (χ1n) is 2.84. The van der Waals surface area contributed by atoms with Crippen molar-refractivity contribution in [3.8, 4) is 0 Å². The van der Waals surface area contributed by atoms with Crippen LogP contribution in [0, 0.1) is 5.51 Å². The number of nitrogens with one attached hydrogen (secondary N) is 1. The molecule has 0 aliphatic heterocycles. The monoisotopic (exact) mass is 155 g/mol. The zero-order valence-electron chi connectivity index (χ0n) is 5.55. The standard InChI is InChI=1S/C6H7N2OS/c1-5(9)7-2-6-3-10-4-8-6/h3H,2H2,1H3,(H,7,9). The molecule has 3 nitrogen and oxygen atoms in total. The fourth-order valence-corrected chi connectivity index (χ4v) is 0.997. The van der Waals surface area contributed by atoms with E-state index in [4.69, 9.17) is 0 Å². The number of hydrogen-bond acceptors (Lipinski definition) is 3. The molecule has 1 radical (unpaired) electrons. The van der Waals surface area contributed by atoms with Crippen LogP contribution in [0.2, 0.25) is 0 Å². The van der Waals surface area contributed by atoms with Crippen LogP contribution in [0.1, 0.15) is 12.6 Å². The predicted molar refractivity (Wildman–Crippen MR) is 38.5 cm³/mol. The van der Waals surface area contributed by atoms with Crippen LogP contribution in [0.25, 0.3) is 0 Å². The van der Waals surface area contributed by atoms with Gasteiger partial charge in [-0.1, -0.05) is 0 Å². The Morgan fingerprint density at radius 1 is 2.00 bits per heavy atom. The summed E-state index contributed by atoms with van der Waals surface area (Å²) in [4.78, 5) is 14.3. The van der Waals surface area contributed by atoms with Crippen molar-refractivity contribution in [3.63, 3.8) is 0 Å². The van der Waals surface area contributed by atoms with E-state index in [2.05, 4.69) is 15.8 Å². The van der Waals surface area contributed by atoms with Gasteiger partial charge in [-0.25, -0.2) is 4.98 Å². The summed E-state index contributed by atoms with van der Waals surface area (Å²) in [5, 5.41) is 4.49. The summed E-state index contributed by atoms with van der Waals surface area (Å²) in [6, 6.07) is 0. The lowest BCUT2D eigenvalue weighted by molar-refractivity contribution is -0.119. The molecule has 1 rings (SSSR count). The molecule has 0 unspecified atom stereocenters. The number of carbonyl (C=O) groups excluding carboxylic acids is 1. The number of aromatic nitrogens is 1. The summed E-state index contributed by atoms with van der Waals surface area (Å²) in [6.07, 6.45) is 0. The number of thiazole rings is 1. The van der Waals surface area contributed by atoms with Crippen LogP contribution in [-0.4, -0.2) is 10.9 Å². The molecule has 4 heteroatoms. The second-order valence-corrected chi connectivity index (χ2v) is 2.49. The van der Waals surface area contributed by atoms with Gasteiger partial charge in [0.1, 0.15) is 0 Å². The van der Waals surface area contributed by atoms with Gasteiger partial charge in [0.05, 0.1) is 12.2 Å². The number of amides is 1. The fourth-order valence-electron chi connectivity index (χ4n) is 0.502. The van der Waals surface area contributed by atoms with Gasteiger partial charge in [-0.05, 0) is 0 Å². The molecule has 0 fully saturated rings. The van der Waals surface area contributed by atoms with Crippen LogP contribution < -0.4 is 5.32 Å². The van der Waals surface area contributed by atoms with E-state index < -0.39 is 0 Å². The Labute approximate surface area is 63.1 Å². The fraction of sp³-hybridized carbons (Fsp3) is 0.333. The van der Waals surface area contributed by atoms with E-state index >= 15 is 0 Å². The Hall–Kier alpha value is -0.900. The largest absolute Gasteiger partial charge is 0.351 e. The van der Waals surface area contributed by atoms with E-state index in [1.165, 1.54) is 18.3 Å². The Morgan fingerprint density at radius 2 is 2.80 bits per heavy atom. The van der Waals surface area contributed by atoms with Crippen molar-refractivity contribution in [2.75, 3.05) is 0 Å². The summed E-state index contributed by atoms with van der Waals surface area (Å²) in [5.74, 6) is -0.0343. The maximum absolute atomic E-state index is 10.4. The third-order valence-corrected chi connectivity index (χ3v) is 1.54. The summed E-state index contributed by atoms with van der Waals surface area (Å²) < 4.78 is 0.